The smallest absolute Gasteiger partial charge is 0.341 e. The van der Waals surface area contributed by atoms with Gasteiger partial charge in [-0.3, -0.25) is 0 Å². The van der Waals surface area contributed by atoms with Gasteiger partial charge in [0.2, 0.25) is 0 Å². The third-order valence-corrected chi connectivity index (χ3v) is 1.92. The minimum Gasteiger partial charge on any atom is -0.472 e. The Bertz CT molecular complexity index is 272. The summed E-state index contributed by atoms with van der Waals surface area (Å²) >= 11 is 0. The summed E-state index contributed by atoms with van der Waals surface area (Å²) in [5, 5.41) is 0. The SMILES string of the molecule is O=C(O[C@@H]1CCOC1)c1ccoc1. The van der Waals surface area contributed by atoms with Gasteiger partial charge in [0.25, 0.3) is 0 Å². The zero-order chi connectivity index (χ0) is 9.10. The van der Waals surface area contributed by atoms with Crippen molar-refractivity contribution in [3.63, 3.8) is 0 Å². The van der Waals surface area contributed by atoms with Crippen molar-refractivity contribution in [2.75, 3.05) is 13.2 Å². The molecule has 1 saturated heterocycles. The van der Waals surface area contributed by atoms with Crippen molar-refractivity contribution < 1.29 is 18.7 Å². The monoisotopic (exact) mass is 182 g/mol. The molecule has 1 aromatic rings. The summed E-state index contributed by atoms with van der Waals surface area (Å²) in [5.74, 6) is -0.343. The molecule has 2 heterocycles. The molecule has 4 nitrogen and oxygen atoms in total. The van der Waals surface area contributed by atoms with Gasteiger partial charge in [-0.1, -0.05) is 0 Å². The van der Waals surface area contributed by atoms with Crippen LogP contribution in [0.2, 0.25) is 0 Å². The molecule has 0 saturated carbocycles. The average molecular weight is 182 g/mol. The quantitative estimate of drug-likeness (QED) is 0.645. The van der Waals surface area contributed by atoms with Crippen molar-refractivity contribution in [3.05, 3.63) is 24.2 Å². The van der Waals surface area contributed by atoms with Crippen LogP contribution in [0.4, 0.5) is 0 Å². The molecular formula is C9H10O4. The molecule has 1 atom stereocenters. The van der Waals surface area contributed by atoms with E-state index in [0.29, 0.717) is 18.8 Å². The van der Waals surface area contributed by atoms with E-state index in [0.717, 1.165) is 6.42 Å². The van der Waals surface area contributed by atoms with Crippen molar-refractivity contribution >= 4 is 5.97 Å². The number of hydrogen-bond acceptors (Lipinski definition) is 4. The normalized spacial score (nSPS) is 21.7. The fourth-order valence-electron chi connectivity index (χ4n) is 1.21. The lowest BCUT2D eigenvalue weighted by atomic mass is 10.3. The Kier molecular flexibility index (Phi) is 2.31. The van der Waals surface area contributed by atoms with Crippen LogP contribution in [0, 0.1) is 0 Å². The molecule has 13 heavy (non-hydrogen) atoms. The first-order valence-corrected chi connectivity index (χ1v) is 4.17. The van der Waals surface area contributed by atoms with Crippen LogP contribution in [0.1, 0.15) is 16.8 Å². The summed E-state index contributed by atoms with van der Waals surface area (Å²) in [7, 11) is 0. The predicted octanol–water partition coefficient (Wildman–Crippen LogP) is 1.23. The Labute approximate surface area is 75.4 Å². The molecule has 1 fully saturated rings. The molecule has 0 spiro atoms. The van der Waals surface area contributed by atoms with Crippen molar-refractivity contribution in [2.24, 2.45) is 0 Å². The molecule has 0 radical (unpaired) electrons. The first-order valence-electron chi connectivity index (χ1n) is 4.17. The standard InChI is InChI=1S/C9H10O4/c10-9(7-1-3-11-5-7)13-8-2-4-12-6-8/h1,3,5,8H,2,4,6H2/t8-/m1/s1. The summed E-state index contributed by atoms with van der Waals surface area (Å²) in [6, 6.07) is 1.58. The van der Waals surface area contributed by atoms with E-state index in [1.54, 1.807) is 6.07 Å². The van der Waals surface area contributed by atoms with Crippen LogP contribution in [-0.2, 0) is 9.47 Å². The van der Waals surface area contributed by atoms with E-state index in [1.165, 1.54) is 12.5 Å². The molecule has 0 unspecified atom stereocenters. The molecular weight excluding hydrogens is 172 g/mol. The zero-order valence-corrected chi connectivity index (χ0v) is 7.06. The van der Waals surface area contributed by atoms with Gasteiger partial charge in [-0.15, -0.1) is 0 Å². The molecule has 0 aliphatic carbocycles. The van der Waals surface area contributed by atoms with Crippen molar-refractivity contribution in [1.82, 2.24) is 0 Å². The zero-order valence-electron chi connectivity index (χ0n) is 7.06. The van der Waals surface area contributed by atoms with Crippen LogP contribution in [0.15, 0.2) is 23.0 Å². The van der Waals surface area contributed by atoms with E-state index in [9.17, 15) is 4.79 Å². The highest BCUT2D eigenvalue weighted by atomic mass is 16.6. The maximum absolute atomic E-state index is 11.3. The molecule has 0 aromatic carbocycles. The van der Waals surface area contributed by atoms with Crippen molar-refractivity contribution in [1.29, 1.82) is 0 Å². The van der Waals surface area contributed by atoms with Crippen LogP contribution in [0.5, 0.6) is 0 Å². The minimum absolute atomic E-state index is 0.0950. The van der Waals surface area contributed by atoms with Crippen LogP contribution >= 0.6 is 0 Å². The first kappa shape index (κ1) is 8.31. The van der Waals surface area contributed by atoms with Crippen molar-refractivity contribution in [3.8, 4) is 0 Å². The Balaban J connectivity index is 1.91. The van der Waals surface area contributed by atoms with Gasteiger partial charge in [-0.25, -0.2) is 4.79 Å². The second-order valence-corrected chi connectivity index (χ2v) is 2.90. The van der Waals surface area contributed by atoms with Crippen LogP contribution < -0.4 is 0 Å². The number of hydrogen-bond donors (Lipinski definition) is 0. The van der Waals surface area contributed by atoms with E-state index in [-0.39, 0.29) is 12.1 Å². The molecule has 1 aliphatic rings. The Morgan fingerprint density at radius 2 is 2.54 bits per heavy atom. The second-order valence-electron chi connectivity index (χ2n) is 2.90. The van der Waals surface area contributed by atoms with E-state index >= 15 is 0 Å². The largest absolute Gasteiger partial charge is 0.472 e. The average Bonchev–Trinajstić information content (AvgIpc) is 2.74. The number of carbonyl (C=O) groups is 1. The highest BCUT2D eigenvalue weighted by molar-refractivity contribution is 5.88. The van der Waals surface area contributed by atoms with Crippen LogP contribution in [-0.4, -0.2) is 25.3 Å². The highest BCUT2D eigenvalue weighted by Crippen LogP contribution is 2.11. The van der Waals surface area contributed by atoms with Gasteiger partial charge in [0.15, 0.2) is 0 Å². The number of ether oxygens (including phenoxy) is 2. The molecule has 4 heteroatoms. The van der Waals surface area contributed by atoms with Crippen LogP contribution in [0.3, 0.4) is 0 Å². The van der Waals surface area contributed by atoms with Gasteiger partial charge < -0.3 is 13.9 Å². The third-order valence-electron chi connectivity index (χ3n) is 1.92. The fraction of sp³-hybridized carbons (Fsp3) is 0.444. The molecule has 0 bridgehead atoms. The maximum Gasteiger partial charge on any atom is 0.341 e. The second kappa shape index (κ2) is 3.62. The summed E-state index contributed by atoms with van der Waals surface area (Å²) in [4.78, 5) is 11.3. The summed E-state index contributed by atoms with van der Waals surface area (Å²) in [5.41, 5.74) is 0.451. The number of esters is 1. The van der Waals surface area contributed by atoms with Crippen molar-refractivity contribution in [2.45, 2.75) is 12.5 Å². The van der Waals surface area contributed by atoms with Gasteiger partial charge in [-0.05, 0) is 6.07 Å². The highest BCUT2D eigenvalue weighted by Gasteiger charge is 2.20. The lowest BCUT2D eigenvalue weighted by Gasteiger charge is -2.07. The molecule has 2 rings (SSSR count). The maximum atomic E-state index is 11.3. The minimum atomic E-state index is -0.343. The number of carbonyl (C=O) groups excluding carboxylic acids is 1. The fourth-order valence-corrected chi connectivity index (χ4v) is 1.21. The van der Waals surface area contributed by atoms with E-state index in [1.807, 2.05) is 0 Å². The summed E-state index contributed by atoms with van der Waals surface area (Å²) in [6.07, 6.45) is 3.51. The molecule has 1 aromatic heterocycles. The van der Waals surface area contributed by atoms with Gasteiger partial charge >= 0.3 is 5.97 Å². The third kappa shape index (κ3) is 1.89. The number of rotatable bonds is 2. The van der Waals surface area contributed by atoms with Gasteiger partial charge in [0.1, 0.15) is 12.4 Å². The Morgan fingerprint density at radius 1 is 1.62 bits per heavy atom. The van der Waals surface area contributed by atoms with E-state index < -0.39 is 0 Å². The molecule has 0 amide bonds. The Morgan fingerprint density at radius 3 is 3.15 bits per heavy atom. The lowest BCUT2D eigenvalue weighted by molar-refractivity contribution is 0.0270. The molecule has 0 N–H and O–H groups in total. The number of furan rings is 1. The summed E-state index contributed by atoms with van der Waals surface area (Å²) in [6.45, 7) is 1.17. The van der Waals surface area contributed by atoms with Crippen LogP contribution in [0.25, 0.3) is 0 Å². The van der Waals surface area contributed by atoms with Gasteiger partial charge in [0.05, 0.1) is 25.0 Å². The topological polar surface area (TPSA) is 48.7 Å². The Hall–Kier alpha value is -1.29. The lowest BCUT2D eigenvalue weighted by Crippen LogP contribution is -2.17. The first-order chi connectivity index (χ1) is 6.36. The van der Waals surface area contributed by atoms with E-state index in [2.05, 4.69) is 0 Å². The molecule has 70 valence electrons. The predicted molar refractivity (Wildman–Crippen MR) is 43.3 cm³/mol. The van der Waals surface area contributed by atoms with E-state index in [4.69, 9.17) is 13.9 Å². The van der Waals surface area contributed by atoms with Gasteiger partial charge in [-0.2, -0.15) is 0 Å². The summed E-state index contributed by atoms with van der Waals surface area (Å²) < 4.78 is 15.0. The molecule has 1 aliphatic heterocycles. The van der Waals surface area contributed by atoms with Gasteiger partial charge in [0, 0.05) is 6.42 Å².